The first kappa shape index (κ1) is 16.7. The predicted octanol–water partition coefficient (Wildman–Crippen LogP) is 2.50. The van der Waals surface area contributed by atoms with Gasteiger partial charge >= 0.3 is 0 Å². The first-order valence-electron chi connectivity index (χ1n) is 8.41. The molecule has 1 aromatic heterocycles. The van der Waals surface area contributed by atoms with Gasteiger partial charge < -0.3 is 19.9 Å². The summed E-state index contributed by atoms with van der Waals surface area (Å²) < 4.78 is 16.9. The van der Waals surface area contributed by atoms with E-state index < -0.39 is 6.04 Å². The average Bonchev–Trinajstić information content (AvgIpc) is 3.27. The van der Waals surface area contributed by atoms with Gasteiger partial charge in [0.05, 0.1) is 19.3 Å². The van der Waals surface area contributed by atoms with Gasteiger partial charge in [-0.05, 0) is 44.4 Å². The molecule has 0 amide bonds. The van der Waals surface area contributed by atoms with Crippen molar-refractivity contribution in [3.63, 3.8) is 0 Å². The number of benzene rings is 1. The second-order valence-electron chi connectivity index (χ2n) is 5.63. The van der Waals surface area contributed by atoms with Crippen LogP contribution in [0.5, 0.6) is 11.5 Å². The maximum Gasteiger partial charge on any atom is 0.171 e. The quantitative estimate of drug-likeness (QED) is 0.809. The molecule has 7 heteroatoms. The van der Waals surface area contributed by atoms with Crippen LogP contribution in [-0.2, 0) is 4.74 Å². The molecule has 2 heterocycles. The Bertz CT molecular complexity index is 668. The zero-order valence-corrected chi connectivity index (χ0v) is 14.1. The Morgan fingerprint density at radius 2 is 2.08 bits per heavy atom. The molecule has 2 atom stereocenters. The summed E-state index contributed by atoms with van der Waals surface area (Å²) in [5.41, 5.74) is 7.21. The lowest BCUT2D eigenvalue weighted by Gasteiger charge is -2.14. The van der Waals surface area contributed by atoms with Crippen molar-refractivity contribution in [1.29, 1.82) is 0 Å². The van der Waals surface area contributed by atoms with E-state index in [4.69, 9.17) is 19.9 Å². The maximum absolute atomic E-state index is 6.34. The molecule has 1 saturated heterocycles. The first-order chi connectivity index (χ1) is 11.7. The first-order valence-corrected chi connectivity index (χ1v) is 8.41. The number of nitrogens with zero attached hydrogens (tertiary/aromatic N) is 2. The summed E-state index contributed by atoms with van der Waals surface area (Å²) in [6, 6.07) is 5.24. The Morgan fingerprint density at radius 1 is 1.29 bits per heavy atom. The Labute approximate surface area is 141 Å². The molecule has 0 saturated carbocycles. The highest BCUT2D eigenvalue weighted by Crippen LogP contribution is 2.32. The largest absolute Gasteiger partial charge is 0.490 e. The molecule has 3 N–H and O–H groups in total. The van der Waals surface area contributed by atoms with E-state index in [1.165, 1.54) is 0 Å². The van der Waals surface area contributed by atoms with Crippen molar-refractivity contribution in [3.8, 4) is 11.5 Å². The van der Waals surface area contributed by atoms with E-state index in [0.29, 0.717) is 30.5 Å². The molecular formula is C17H24N4O3. The average molecular weight is 332 g/mol. The van der Waals surface area contributed by atoms with Gasteiger partial charge in [0.15, 0.2) is 23.1 Å². The van der Waals surface area contributed by atoms with Crippen molar-refractivity contribution in [2.45, 2.75) is 38.8 Å². The Morgan fingerprint density at radius 3 is 2.79 bits per heavy atom. The lowest BCUT2D eigenvalue weighted by molar-refractivity contribution is 0.105. The van der Waals surface area contributed by atoms with Crippen LogP contribution in [0, 0.1) is 0 Å². The molecule has 3 rings (SSSR count). The van der Waals surface area contributed by atoms with Gasteiger partial charge in [-0.2, -0.15) is 5.10 Å². The van der Waals surface area contributed by atoms with Crippen LogP contribution in [0.15, 0.2) is 18.2 Å². The summed E-state index contributed by atoms with van der Waals surface area (Å²) in [5, 5.41) is 7.21. The fourth-order valence-electron chi connectivity index (χ4n) is 2.77. The minimum atomic E-state index is -0.439. The Kier molecular flexibility index (Phi) is 5.32. The van der Waals surface area contributed by atoms with E-state index in [1.807, 2.05) is 32.0 Å². The molecule has 0 unspecified atom stereocenters. The van der Waals surface area contributed by atoms with Gasteiger partial charge in [-0.25, -0.2) is 4.98 Å². The molecule has 0 bridgehead atoms. The van der Waals surface area contributed by atoms with Crippen LogP contribution in [-0.4, -0.2) is 35.0 Å². The van der Waals surface area contributed by atoms with Gasteiger partial charge in [-0.3, -0.25) is 5.10 Å². The lowest BCUT2D eigenvalue weighted by atomic mass is 10.1. The molecule has 1 aliphatic heterocycles. The van der Waals surface area contributed by atoms with Crippen LogP contribution < -0.4 is 15.2 Å². The van der Waals surface area contributed by atoms with Crippen molar-refractivity contribution in [2.75, 3.05) is 19.8 Å². The highest BCUT2D eigenvalue weighted by atomic mass is 16.5. The summed E-state index contributed by atoms with van der Waals surface area (Å²) in [6.07, 6.45) is 2.00. The van der Waals surface area contributed by atoms with Gasteiger partial charge in [0.25, 0.3) is 0 Å². The molecule has 0 aliphatic carbocycles. The van der Waals surface area contributed by atoms with E-state index in [2.05, 4.69) is 15.2 Å². The van der Waals surface area contributed by atoms with Crippen LogP contribution in [0.4, 0.5) is 0 Å². The molecule has 0 spiro atoms. The van der Waals surface area contributed by atoms with Crippen LogP contribution >= 0.6 is 0 Å². The third-order valence-electron chi connectivity index (χ3n) is 3.96. The van der Waals surface area contributed by atoms with Crippen molar-refractivity contribution in [3.05, 3.63) is 35.4 Å². The highest BCUT2D eigenvalue weighted by molar-refractivity contribution is 5.44. The molecular weight excluding hydrogens is 308 g/mol. The number of aromatic nitrogens is 3. The molecule has 130 valence electrons. The van der Waals surface area contributed by atoms with E-state index in [1.54, 1.807) is 0 Å². The fraction of sp³-hybridized carbons (Fsp3) is 0.529. The number of ether oxygens (including phenoxy) is 3. The smallest absolute Gasteiger partial charge is 0.171 e. The number of hydrogen-bond donors (Lipinski definition) is 2. The van der Waals surface area contributed by atoms with Gasteiger partial charge in [0, 0.05) is 6.61 Å². The lowest BCUT2D eigenvalue weighted by Crippen LogP contribution is -2.14. The molecule has 1 aromatic carbocycles. The second-order valence-corrected chi connectivity index (χ2v) is 5.63. The molecule has 24 heavy (non-hydrogen) atoms. The maximum atomic E-state index is 6.34. The zero-order chi connectivity index (χ0) is 16.9. The van der Waals surface area contributed by atoms with Crippen LogP contribution in [0.2, 0.25) is 0 Å². The summed E-state index contributed by atoms with van der Waals surface area (Å²) in [5.74, 6) is 2.69. The number of aromatic amines is 1. The fourth-order valence-corrected chi connectivity index (χ4v) is 2.77. The summed E-state index contributed by atoms with van der Waals surface area (Å²) in [7, 11) is 0. The van der Waals surface area contributed by atoms with Crippen molar-refractivity contribution in [1.82, 2.24) is 15.2 Å². The van der Waals surface area contributed by atoms with E-state index in [-0.39, 0.29) is 6.10 Å². The molecule has 2 aromatic rings. The van der Waals surface area contributed by atoms with E-state index >= 15 is 0 Å². The molecule has 7 nitrogen and oxygen atoms in total. The minimum Gasteiger partial charge on any atom is -0.490 e. The van der Waals surface area contributed by atoms with E-state index in [9.17, 15) is 0 Å². The third kappa shape index (κ3) is 3.52. The highest BCUT2D eigenvalue weighted by Gasteiger charge is 2.23. The Hall–Kier alpha value is -2.12. The molecule has 1 fully saturated rings. The van der Waals surface area contributed by atoms with Crippen molar-refractivity contribution < 1.29 is 14.2 Å². The summed E-state index contributed by atoms with van der Waals surface area (Å²) in [4.78, 5) is 4.51. The summed E-state index contributed by atoms with van der Waals surface area (Å²) >= 11 is 0. The molecule has 1 aliphatic rings. The van der Waals surface area contributed by atoms with E-state index in [0.717, 1.165) is 30.8 Å². The zero-order valence-electron chi connectivity index (χ0n) is 14.1. The Balaban J connectivity index is 1.81. The van der Waals surface area contributed by atoms with Gasteiger partial charge in [-0.1, -0.05) is 6.07 Å². The standard InChI is InChI=1S/C17H24N4O3/c1-3-22-12-8-7-11(10-14(12)23-4-2)15(18)17-19-16(20-21-17)13-6-5-9-24-13/h7-8,10,13,15H,3-6,9,18H2,1-2H3,(H,19,20,21)/t13-,15-/m0/s1. The van der Waals surface area contributed by atoms with Crippen LogP contribution in [0.25, 0.3) is 0 Å². The third-order valence-corrected chi connectivity index (χ3v) is 3.96. The van der Waals surface area contributed by atoms with Gasteiger partial charge in [0.1, 0.15) is 6.10 Å². The summed E-state index contributed by atoms with van der Waals surface area (Å²) in [6.45, 7) is 5.78. The van der Waals surface area contributed by atoms with Crippen LogP contribution in [0.1, 0.15) is 56.0 Å². The number of rotatable bonds is 7. The number of nitrogens with two attached hydrogens (primary N) is 1. The molecule has 0 radical (unpaired) electrons. The van der Waals surface area contributed by atoms with Crippen molar-refractivity contribution in [2.24, 2.45) is 5.73 Å². The second kappa shape index (κ2) is 7.63. The van der Waals surface area contributed by atoms with Crippen LogP contribution in [0.3, 0.4) is 0 Å². The number of nitrogens with one attached hydrogen (secondary N) is 1. The number of hydrogen-bond acceptors (Lipinski definition) is 6. The van der Waals surface area contributed by atoms with Gasteiger partial charge in [-0.15, -0.1) is 0 Å². The normalized spacial score (nSPS) is 18.5. The monoisotopic (exact) mass is 332 g/mol. The van der Waals surface area contributed by atoms with Crippen molar-refractivity contribution >= 4 is 0 Å². The predicted molar refractivity (Wildman–Crippen MR) is 89.1 cm³/mol. The SMILES string of the molecule is CCOc1ccc([C@H](N)c2n[nH]c([C@@H]3CCCO3)n2)cc1OCC. The minimum absolute atomic E-state index is 0.00207. The topological polar surface area (TPSA) is 95.3 Å². The van der Waals surface area contributed by atoms with Gasteiger partial charge in [0.2, 0.25) is 0 Å². The number of H-pyrrole nitrogens is 1.